The number of rotatable bonds is 6. The Morgan fingerprint density at radius 1 is 1.00 bits per heavy atom. The van der Waals surface area contributed by atoms with E-state index in [1.54, 1.807) is 31.3 Å². The van der Waals surface area contributed by atoms with Crippen LogP contribution in [0.3, 0.4) is 0 Å². The second kappa shape index (κ2) is 7.60. The van der Waals surface area contributed by atoms with Gasteiger partial charge in [-0.25, -0.2) is 17.2 Å². The van der Waals surface area contributed by atoms with Crippen LogP contribution in [0.25, 0.3) is 0 Å². The van der Waals surface area contributed by atoms with E-state index < -0.39 is 21.7 Å². The zero-order valence-corrected chi connectivity index (χ0v) is 14.6. The molecule has 0 aromatic heterocycles. The van der Waals surface area contributed by atoms with Crippen molar-refractivity contribution in [2.45, 2.75) is 6.42 Å². The summed E-state index contributed by atoms with van der Waals surface area (Å²) in [6.45, 7) is -0.181. The fourth-order valence-corrected chi connectivity index (χ4v) is 3.21. The van der Waals surface area contributed by atoms with E-state index in [9.17, 15) is 22.0 Å². The Balaban J connectivity index is 2.16. The lowest BCUT2D eigenvalue weighted by Gasteiger charge is -2.24. The number of carbonyl (C=O) groups is 1. The molecule has 0 aliphatic carbocycles. The number of carbonyl (C=O) groups excluding carboxylic acids is 1. The van der Waals surface area contributed by atoms with Gasteiger partial charge in [-0.15, -0.1) is 0 Å². The summed E-state index contributed by atoms with van der Waals surface area (Å²) in [5.74, 6) is -2.53. The SMILES string of the molecule is CN(C(=O)CCN(c1ccc(F)c(F)c1)S(C)(=O)=O)c1ccccc1. The molecule has 2 rings (SSSR count). The molecule has 0 saturated heterocycles. The lowest BCUT2D eigenvalue weighted by molar-refractivity contribution is -0.118. The van der Waals surface area contributed by atoms with E-state index in [-0.39, 0.29) is 24.6 Å². The standard InChI is InChI=1S/C17H18F2N2O3S/c1-20(13-6-4-3-5-7-13)17(22)10-11-21(25(2,23)24)14-8-9-15(18)16(19)12-14/h3-9,12H,10-11H2,1-2H3. The van der Waals surface area contributed by atoms with E-state index in [1.165, 1.54) is 4.90 Å². The van der Waals surface area contributed by atoms with Crippen LogP contribution in [0, 0.1) is 11.6 Å². The summed E-state index contributed by atoms with van der Waals surface area (Å²) in [7, 11) is -2.18. The van der Waals surface area contributed by atoms with Crippen LogP contribution in [0.15, 0.2) is 48.5 Å². The predicted molar refractivity (Wildman–Crippen MR) is 93.0 cm³/mol. The Bertz CT molecular complexity index is 857. The molecule has 0 spiro atoms. The highest BCUT2D eigenvalue weighted by Crippen LogP contribution is 2.21. The molecule has 0 heterocycles. The lowest BCUT2D eigenvalue weighted by Crippen LogP contribution is -2.35. The van der Waals surface area contributed by atoms with Gasteiger partial charge in [0.05, 0.1) is 11.9 Å². The van der Waals surface area contributed by atoms with Crippen molar-refractivity contribution in [1.82, 2.24) is 0 Å². The highest BCUT2D eigenvalue weighted by atomic mass is 32.2. The van der Waals surface area contributed by atoms with E-state index in [2.05, 4.69) is 0 Å². The van der Waals surface area contributed by atoms with E-state index in [0.29, 0.717) is 5.69 Å². The number of nitrogens with zero attached hydrogens (tertiary/aromatic N) is 2. The van der Waals surface area contributed by atoms with Crippen molar-refractivity contribution in [1.29, 1.82) is 0 Å². The van der Waals surface area contributed by atoms with Gasteiger partial charge in [0.1, 0.15) is 0 Å². The molecule has 0 radical (unpaired) electrons. The number of amides is 1. The molecule has 1 amide bonds. The summed E-state index contributed by atoms with van der Waals surface area (Å²) < 4.78 is 51.3. The molecule has 0 aliphatic heterocycles. The molecule has 0 bridgehead atoms. The van der Waals surface area contributed by atoms with Crippen molar-refractivity contribution < 1.29 is 22.0 Å². The first-order chi connectivity index (χ1) is 11.7. The van der Waals surface area contributed by atoms with Gasteiger partial charge in [-0.3, -0.25) is 9.10 Å². The maximum atomic E-state index is 13.4. The van der Waals surface area contributed by atoms with Crippen LogP contribution in [-0.4, -0.2) is 34.2 Å². The molecule has 5 nitrogen and oxygen atoms in total. The average molecular weight is 368 g/mol. The molecule has 0 fully saturated rings. The second-order valence-corrected chi connectivity index (χ2v) is 7.38. The lowest BCUT2D eigenvalue weighted by atomic mass is 10.2. The Kier molecular flexibility index (Phi) is 5.73. The molecule has 0 atom stereocenters. The van der Waals surface area contributed by atoms with E-state index in [4.69, 9.17) is 0 Å². The molecule has 0 aliphatic rings. The summed E-state index contributed by atoms with van der Waals surface area (Å²) in [5, 5.41) is 0. The Labute approximate surface area is 145 Å². The minimum absolute atomic E-state index is 0.0310. The average Bonchev–Trinajstić information content (AvgIpc) is 2.57. The molecule has 8 heteroatoms. The molecule has 2 aromatic rings. The maximum Gasteiger partial charge on any atom is 0.232 e. The summed E-state index contributed by atoms with van der Waals surface area (Å²) >= 11 is 0. The first-order valence-electron chi connectivity index (χ1n) is 7.44. The van der Waals surface area contributed by atoms with E-state index >= 15 is 0 Å². The van der Waals surface area contributed by atoms with Crippen molar-refractivity contribution in [3.63, 3.8) is 0 Å². The third-order valence-corrected chi connectivity index (χ3v) is 4.83. The molecule has 0 saturated carbocycles. The number of sulfonamides is 1. The van der Waals surface area contributed by atoms with Crippen LogP contribution in [0.4, 0.5) is 20.2 Å². The van der Waals surface area contributed by atoms with Gasteiger partial charge >= 0.3 is 0 Å². The van der Waals surface area contributed by atoms with Gasteiger partial charge < -0.3 is 4.90 Å². The number of halogens is 2. The Morgan fingerprint density at radius 3 is 2.20 bits per heavy atom. The normalized spacial score (nSPS) is 11.2. The second-order valence-electron chi connectivity index (χ2n) is 5.47. The van der Waals surface area contributed by atoms with Gasteiger partial charge in [0, 0.05) is 31.8 Å². The molecular weight excluding hydrogens is 350 g/mol. The topological polar surface area (TPSA) is 57.7 Å². The first-order valence-corrected chi connectivity index (χ1v) is 9.29. The molecule has 0 N–H and O–H groups in total. The Morgan fingerprint density at radius 2 is 1.64 bits per heavy atom. The summed E-state index contributed by atoms with van der Waals surface area (Å²) in [4.78, 5) is 13.7. The third kappa shape index (κ3) is 4.76. The van der Waals surface area contributed by atoms with Crippen LogP contribution in [-0.2, 0) is 14.8 Å². The van der Waals surface area contributed by atoms with Crippen molar-refractivity contribution in [2.75, 3.05) is 29.1 Å². The zero-order valence-electron chi connectivity index (χ0n) is 13.8. The number of hydrogen-bond donors (Lipinski definition) is 0. The van der Waals surface area contributed by atoms with Crippen LogP contribution in [0.2, 0.25) is 0 Å². The van der Waals surface area contributed by atoms with Gasteiger partial charge in [0.15, 0.2) is 11.6 Å². The number of hydrogen-bond acceptors (Lipinski definition) is 3. The molecule has 2 aromatic carbocycles. The monoisotopic (exact) mass is 368 g/mol. The number of anilines is 2. The van der Waals surface area contributed by atoms with Gasteiger partial charge in [-0.1, -0.05) is 18.2 Å². The van der Waals surface area contributed by atoms with Crippen molar-refractivity contribution in [2.24, 2.45) is 0 Å². The minimum atomic E-state index is -3.76. The number of benzene rings is 2. The number of para-hydroxylation sites is 1. The van der Waals surface area contributed by atoms with Crippen LogP contribution in [0.1, 0.15) is 6.42 Å². The van der Waals surface area contributed by atoms with Gasteiger partial charge in [-0.2, -0.15) is 0 Å². The fraction of sp³-hybridized carbons (Fsp3) is 0.235. The Hall–Kier alpha value is -2.48. The highest BCUT2D eigenvalue weighted by molar-refractivity contribution is 7.92. The molecule has 134 valence electrons. The largest absolute Gasteiger partial charge is 0.315 e. The maximum absolute atomic E-state index is 13.4. The molecule has 25 heavy (non-hydrogen) atoms. The summed E-state index contributed by atoms with van der Waals surface area (Å²) in [6.07, 6.45) is 0.830. The fourth-order valence-electron chi connectivity index (χ4n) is 2.29. The van der Waals surface area contributed by atoms with Gasteiger partial charge in [-0.05, 0) is 24.3 Å². The predicted octanol–water partition coefficient (Wildman–Crippen LogP) is 2.78. The van der Waals surface area contributed by atoms with Crippen molar-refractivity contribution >= 4 is 27.3 Å². The van der Waals surface area contributed by atoms with E-state index in [0.717, 1.165) is 28.8 Å². The quantitative estimate of drug-likeness (QED) is 0.788. The third-order valence-electron chi connectivity index (χ3n) is 3.64. The smallest absolute Gasteiger partial charge is 0.232 e. The van der Waals surface area contributed by atoms with Crippen LogP contribution < -0.4 is 9.21 Å². The molecule has 0 unspecified atom stereocenters. The first kappa shape index (κ1) is 18.9. The van der Waals surface area contributed by atoms with Gasteiger partial charge in [0.25, 0.3) is 0 Å². The summed E-state index contributed by atoms with van der Waals surface area (Å²) in [5.41, 5.74) is 0.641. The van der Waals surface area contributed by atoms with Crippen molar-refractivity contribution in [3.8, 4) is 0 Å². The van der Waals surface area contributed by atoms with Crippen LogP contribution in [0.5, 0.6) is 0 Å². The van der Waals surface area contributed by atoms with E-state index in [1.807, 2.05) is 6.07 Å². The van der Waals surface area contributed by atoms with Crippen molar-refractivity contribution in [3.05, 3.63) is 60.2 Å². The highest BCUT2D eigenvalue weighted by Gasteiger charge is 2.21. The minimum Gasteiger partial charge on any atom is -0.315 e. The summed E-state index contributed by atoms with van der Waals surface area (Å²) in [6, 6.07) is 11.7. The molecular formula is C17H18F2N2O3S. The zero-order chi connectivity index (χ0) is 18.6. The van der Waals surface area contributed by atoms with Gasteiger partial charge in [0.2, 0.25) is 15.9 Å². The van der Waals surface area contributed by atoms with Crippen LogP contribution >= 0.6 is 0 Å².